The molecule has 5 heteroatoms. The van der Waals surface area contributed by atoms with Crippen LogP contribution < -0.4 is 10.0 Å². The fourth-order valence-corrected chi connectivity index (χ4v) is 2.02. The molecule has 1 aromatic carbocycles. The summed E-state index contributed by atoms with van der Waals surface area (Å²) in [6.45, 7) is 4.13. The summed E-state index contributed by atoms with van der Waals surface area (Å²) in [5.74, 6) is -1.05. The highest BCUT2D eigenvalue weighted by Crippen LogP contribution is 2.03. The van der Waals surface area contributed by atoms with Crippen LogP contribution in [0, 0.1) is 0 Å². The van der Waals surface area contributed by atoms with Gasteiger partial charge in [0.15, 0.2) is 0 Å². The molecule has 0 spiro atoms. The van der Waals surface area contributed by atoms with E-state index >= 15 is 0 Å². The van der Waals surface area contributed by atoms with Crippen molar-refractivity contribution in [2.45, 2.75) is 13.0 Å². The third kappa shape index (κ3) is 6.65. The molecule has 1 rings (SSSR count). The maximum Gasteiger partial charge on any atom is 0.103 e. The number of ether oxygens (including phenoxy) is 2. The van der Waals surface area contributed by atoms with Crippen molar-refractivity contribution in [1.29, 1.82) is 0 Å². The van der Waals surface area contributed by atoms with Crippen molar-refractivity contribution in [1.82, 2.24) is 0 Å². The van der Waals surface area contributed by atoms with E-state index in [2.05, 4.69) is 0 Å². The second-order valence-corrected chi connectivity index (χ2v) is 4.78. The number of hydrogen-bond acceptors (Lipinski definition) is 4. The summed E-state index contributed by atoms with van der Waals surface area (Å²) >= 11 is 0. The van der Waals surface area contributed by atoms with Crippen LogP contribution >= 0.6 is 0 Å². The number of carboxylic acid groups (broad SMARTS) is 1. The van der Waals surface area contributed by atoms with Crippen molar-refractivity contribution in [3.63, 3.8) is 0 Å². The first-order valence-corrected chi connectivity index (χ1v) is 6.74. The number of carboxylic acids is 1. The predicted octanol–water partition coefficient (Wildman–Crippen LogP) is -1.34. The summed E-state index contributed by atoms with van der Waals surface area (Å²) < 4.78 is 10.2. The van der Waals surface area contributed by atoms with E-state index < -0.39 is 5.97 Å². The van der Waals surface area contributed by atoms with Crippen LogP contribution in [-0.4, -0.2) is 46.5 Å². The van der Waals surface area contributed by atoms with Crippen LogP contribution in [0.15, 0.2) is 24.3 Å². The van der Waals surface area contributed by atoms with Crippen LogP contribution in [0.3, 0.4) is 0 Å². The number of hydrogen-bond donors (Lipinski definition) is 1. The molecule has 0 saturated carbocycles. The minimum absolute atomic E-state index is 0.0375. The molecule has 0 aromatic heterocycles. The average molecular weight is 281 g/mol. The topological polar surface area (TPSA) is 63.0 Å². The van der Waals surface area contributed by atoms with E-state index in [1.807, 2.05) is 24.3 Å². The molecule has 0 saturated heterocycles. The van der Waals surface area contributed by atoms with Gasteiger partial charge < -0.3 is 24.3 Å². The fourth-order valence-electron chi connectivity index (χ4n) is 2.02. The van der Waals surface area contributed by atoms with Crippen molar-refractivity contribution < 1.29 is 24.3 Å². The van der Waals surface area contributed by atoms with Crippen LogP contribution in [0.1, 0.15) is 11.1 Å². The molecule has 0 unspecified atom stereocenters. The Kier molecular flexibility index (Phi) is 7.87. The van der Waals surface area contributed by atoms with Gasteiger partial charge in [0, 0.05) is 32.2 Å². The lowest BCUT2D eigenvalue weighted by Crippen LogP contribution is -3.11. The zero-order valence-electron chi connectivity index (χ0n) is 12.2. The van der Waals surface area contributed by atoms with Gasteiger partial charge in [0.05, 0.1) is 13.2 Å². The molecular formula is C15H23NO4. The van der Waals surface area contributed by atoms with Crippen molar-refractivity contribution in [3.05, 3.63) is 35.4 Å². The number of carbonyl (C=O) groups is 1. The van der Waals surface area contributed by atoms with E-state index in [1.54, 1.807) is 14.2 Å². The summed E-state index contributed by atoms with van der Waals surface area (Å²) in [7, 11) is 3.39. The molecule has 5 nitrogen and oxygen atoms in total. The Labute approximate surface area is 120 Å². The standard InChI is InChI=1S/C15H23NO4/c1-19-9-7-16(8-10-20-2)12-14-5-3-13(4-6-14)11-15(17)18/h3-6H,7-12H2,1-2H3,(H,17,18). The third-order valence-corrected chi connectivity index (χ3v) is 3.15. The molecule has 0 aliphatic rings. The highest BCUT2D eigenvalue weighted by Gasteiger charge is 2.09. The Balaban J connectivity index is 2.55. The van der Waals surface area contributed by atoms with Crippen LogP contribution in [0.2, 0.25) is 0 Å². The largest absolute Gasteiger partial charge is 0.550 e. The van der Waals surface area contributed by atoms with Gasteiger partial charge in [-0.05, 0) is 5.56 Å². The third-order valence-electron chi connectivity index (χ3n) is 3.15. The second-order valence-electron chi connectivity index (χ2n) is 4.78. The zero-order valence-corrected chi connectivity index (χ0v) is 12.2. The van der Waals surface area contributed by atoms with E-state index in [0.29, 0.717) is 13.2 Å². The van der Waals surface area contributed by atoms with Crippen molar-refractivity contribution in [2.75, 3.05) is 40.5 Å². The Morgan fingerprint density at radius 3 is 2.00 bits per heavy atom. The zero-order chi connectivity index (χ0) is 14.8. The molecule has 0 radical (unpaired) electrons. The lowest BCUT2D eigenvalue weighted by Gasteiger charge is -2.19. The molecule has 112 valence electrons. The number of methoxy groups -OCH3 is 2. The van der Waals surface area contributed by atoms with Crippen LogP contribution in [0.4, 0.5) is 0 Å². The minimum atomic E-state index is -1.05. The van der Waals surface area contributed by atoms with Crippen LogP contribution in [0.5, 0.6) is 0 Å². The molecule has 0 fully saturated rings. The van der Waals surface area contributed by atoms with Gasteiger partial charge in [0.1, 0.15) is 19.6 Å². The Hall–Kier alpha value is -1.43. The molecule has 0 bridgehead atoms. The van der Waals surface area contributed by atoms with Crippen molar-refractivity contribution >= 4 is 5.97 Å². The summed E-state index contributed by atoms with van der Waals surface area (Å²) in [5, 5.41) is 10.5. The number of benzene rings is 1. The number of carbonyl (C=O) groups excluding carboxylic acids is 1. The van der Waals surface area contributed by atoms with Crippen LogP contribution in [0.25, 0.3) is 0 Å². The smallest absolute Gasteiger partial charge is 0.103 e. The Bertz CT molecular complexity index is 383. The molecule has 0 aliphatic heterocycles. The van der Waals surface area contributed by atoms with Gasteiger partial charge in [-0.15, -0.1) is 0 Å². The maximum atomic E-state index is 10.5. The number of aliphatic carboxylic acids is 1. The van der Waals surface area contributed by atoms with E-state index in [0.717, 1.165) is 25.2 Å². The summed E-state index contributed by atoms with van der Waals surface area (Å²) in [6.07, 6.45) is -0.0375. The first kappa shape index (κ1) is 16.6. The van der Waals surface area contributed by atoms with Gasteiger partial charge in [-0.2, -0.15) is 0 Å². The first-order chi connectivity index (χ1) is 9.65. The molecular weight excluding hydrogens is 258 g/mol. The van der Waals surface area contributed by atoms with Gasteiger partial charge in [-0.3, -0.25) is 0 Å². The Morgan fingerprint density at radius 2 is 1.55 bits per heavy atom. The minimum Gasteiger partial charge on any atom is -0.550 e. The highest BCUT2D eigenvalue weighted by atomic mass is 16.5. The van der Waals surface area contributed by atoms with Crippen molar-refractivity contribution in [2.24, 2.45) is 0 Å². The number of rotatable bonds is 10. The second kappa shape index (κ2) is 9.47. The first-order valence-electron chi connectivity index (χ1n) is 6.74. The lowest BCUT2D eigenvalue weighted by molar-refractivity contribution is -0.914. The number of quaternary nitrogens is 1. The lowest BCUT2D eigenvalue weighted by atomic mass is 10.1. The SMILES string of the molecule is COCC[NH+](CCOC)Cc1ccc(CC(=O)[O-])cc1. The summed E-state index contributed by atoms with van der Waals surface area (Å²) in [6, 6.07) is 7.63. The molecule has 20 heavy (non-hydrogen) atoms. The molecule has 0 aliphatic carbocycles. The molecule has 0 heterocycles. The van der Waals surface area contributed by atoms with E-state index in [1.165, 1.54) is 10.5 Å². The van der Waals surface area contributed by atoms with E-state index in [-0.39, 0.29) is 6.42 Å². The van der Waals surface area contributed by atoms with E-state index in [4.69, 9.17) is 9.47 Å². The molecule has 0 amide bonds. The summed E-state index contributed by atoms with van der Waals surface area (Å²) in [4.78, 5) is 11.9. The van der Waals surface area contributed by atoms with Crippen LogP contribution in [-0.2, 0) is 27.2 Å². The normalized spacial score (nSPS) is 10.9. The monoisotopic (exact) mass is 281 g/mol. The van der Waals surface area contributed by atoms with Gasteiger partial charge >= 0.3 is 0 Å². The molecule has 1 aromatic rings. The fraction of sp³-hybridized carbons (Fsp3) is 0.533. The van der Waals surface area contributed by atoms with Gasteiger partial charge in [0.2, 0.25) is 0 Å². The highest BCUT2D eigenvalue weighted by molar-refractivity contribution is 5.67. The Morgan fingerprint density at radius 1 is 1.05 bits per heavy atom. The van der Waals surface area contributed by atoms with Crippen molar-refractivity contribution in [3.8, 4) is 0 Å². The molecule has 1 N–H and O–H groups in total. The van der Waals surface area contributed by atoms with Gasteiger partial charge in [-0.25, -0.2) is 0 Å². The van der Waals surface area contributed by atoms with E-state index in [9.17, 15) is 9.90 Å². The van der Waals surface area contributed by atoms with Gasteiger partial charge in [-0.1, -0.05) is 24.3 Å². The quantitative estimate of drug-likeness (QED) is 0.576. The predicted molar refractivity (Wildman–Crippen MR) is 73.3 cm³/mol. The van der Waals surface area contributed by atoms with Gasteiger partial charge in [0.25, 0.3) is 0 Å². The number of nitrogens with one attached hydrogen (secondary N) is 1. The maximum absolute atomic E-state index is 10.5. The molecule has 0 atom stereocenters. The average Bonchev–Trinajstić information content (AvgIpc) is 2.43. The summed E-state index contributed by atoms with van der Waals surface area (Å²) in [5.41, 5.74) is 1.94.